The van der Waals surface area contributed by atoms with E-state index in [2.05, 4.69) is 21.2 Å². The van der Waals surface area contributed by atoms with Crippen molar-refractivity contribution >= 4 is 21.6 Å². The van der Waals surface area contributed by atoms with Crippen LogP contribution in [-0.4, -0.2) is 0 Å². The van der Waals surface area contributed by atoms with Gasteiger partial charge in [0.25, 0.3) is 0 Å². The third-order valence-corrected chi connectivity index (χ3v) is 3.63. The van der Waals surface area contributed by atoms with E-state index in [0.717, 1.165) is 21.8 Å². The Morgan fingerprint density at radius 1 is 1.05 bits per heavy atom. The molecule has 0 aromatic heterocycles. The summed E-state index contributed by atoms with van der Waals surface area (Å²) in [5.41, 5.74) is 2.76. The lowest BCUT2D eigenvalue weighted by atomic mass is 10.1. The van der Waals surface area contributed by atoms with Crippen LogP contribution in [0.1, 0.15) is 24.1 Å². The molecule has 1 nitrogen and oxygen atoms in total. The molecule has 2 rings (SSSR count). The third-order valence-electron chi connectivity index (χ3n) is 2.94. The number of rotatable bonds is 3. The van der Waals surface area contributed by atoms with Gasteiger partial charge in [0.15, 0.2) is 11.6 Å². The Balaban J connectivity index is 2.22. The molecule has 100 valence electrons. The normalized spacial score (nSPS) is 12.3. The first-order valence-electron chi connectivity index (χ1n) is 5.95. The number of benzene rings is 2. The first-order chi connectivity index (χ1) is 8.97. The molecule has 19 heavy (non-hydrogen) atoms. The highest BCUT2D eigenvalue weighted by atomic mass is 79.9. The van der Waals surface area contributed by atoms with Crippen molar-refractivity contribution in [3.8, 4) is 0 Å². The molecule has 1 atom stereocenters. The van der Waals surface area contributed by atoms with Gasteiger partial charge in [0.1, 0.15) is 0 Å². The van der Waals surface area contributed by atoms with E-state index in [9.17, 15) is 8.78 Å². The molecule has 2 aromatic rings. The molecule has 0 amide bonds. The maximum atomic E-state index is 13.2. The largest absolute Gasteiger partial charge is 0.378 e. The fourth-order valence-electron chi connectivity index (χ4n) is 1.85. The first-order valence-corrected chi connectivity index (χ1v) is 6.74. The Bertz CT molecular complexity index is 599. The topological polar surface area (TPSA) is 12.0 Å². The van der Waals surface area contributed by atoms with E-state index < -0.39 is 11.6 Å². The van der Waals surface area contributed by atoms with Crippen LogP contribution in [0.2, 0.25) is 0 Å². The van der Waals surface area contributed by atoms with Crippen LogP contribution >= 0.6 is 15.9 Å². The van der Waals surface area contributed by atoms with Crippen LogP contribution in [0.15, 0.2) is 40.9 Å². The summed E-state index contributed by atoms with van der Waals surface area (Å²) in [6.45, 7) is 3.90. The number of anilines is 1. The summed E-state index contributed by atoms with van der Waals surface area (Å²) < 4.78 is 27.1. The van der Waals surface area contributed by atoms with Crippen molar-refractivity contribution in [3.63, 3.8) is 0 Å². The molecule has 2 aromatic carbocycles. The maximum absolute atomic E-state index is 13.2. The number of hydrogen-bond acceptors (Lipinski definition) is 1. The fraction of sp³-hybridized carbons (Fsp3) is 0.200. The maximum Gasteiger partial charge on any atom is 0.159 e. The van der Waals surface area contributed by atoms with Crippen LogP contribution in [0.4, 0.5) is 14.5 Å². The average molecular weight is 326 g/mol. The lowest BCUT2D eigenvalue weighted by Crippen LogP contribution is -2.08. The average Bonchev–Trinajstić information content (AvgIpc) is 2.37. The van der Waals surface area contributed by atoms with Crippen molar-refractivity contribution in [1.29, 1.82) is 0 Å². The number of halogens is 3. The Morgan fingerprint density at radius 3 is 2.47 bits per heavy atom. The van der Waals surface area contributed by atoms with Crippen LogP contribution in [0, 0.1) is 18.6 Å². The van der Waals surface area contributed by atoms with Crippen LogP contribution in [0.3, 0.4) is 0 Å². The number of aryl methyl sites for hydroxylation is 1. The molecule has 1 unspecified atom stereocenters. The zero-order valence-electron chi connectivity index (χ0n) is 10.7. The van der Waals surface area contributed by atoms with Crippen molar-refractivity contribution in [2.75, 3.05) is 5.32 Å². The van der Waals surface area contributed by atoms with Crippen LogP contribution < -0.4 is 5.32 Å². The third kappa shape index (κ3) is 3.32. The molecule has 0 saturated carbocycles. The van der Waals surface area contributed by atoms with E-state index in [1.807, 2.05) is 32.0 Å². The van der Waals surface area contributed by atoms with Gasteiger partial charge in [-0.05, 0) is 65.2 Å². The van der Waals surface area contributed by atoms with Crippen LogP contribution in [0.5, 0.6) is 0 Å². The SMILES string of the molecule is Cc1ccc(Br)c(NC(C)c2ccc(F)c(F)c2)c1. The van der Waals surface area contributed by atoms with Gasteiger partial charge < -0.3 is 5.32 Å². The predicted octanol–water partition coefficient (Wildman–Crippen LogP) is 5.21. The van der Waals surface area contributed by atoms with Gasteiger partial charge >= 0.3 is 0 Å². The van der Waals surface area contributed by atoms with E-state index in [0.29, 0.717) is 5.56 Å². The summed E-state index contributed by atoms with van der Waals surface area (Å²) in [6, 6.07) is 9.78. The van der Waals surface area contributed by atoms with Gasteiger partial charge in [0.05, 0.1) is 0 Å². The quantitative estimate of drug-likeness (QED) is 0.816. The Kier molecular flexibility index (Phi) is 4.20. The minimum Gasteiger partial charge on any atom is -0.378 e. The van der Waals surface area contributed by atoms with Crippen LogP contribution in [-0.2, 0) is 0 Å². The van der Waals surface area contributed by atoms with Crippen molar-refractivity contribution in [1.82, 2.24) is 0 Å². The summed E-state index contributed by atoms with van der Waals surface area (Å²) >= 11 is 3.46. The Morgan fingerprint density at radius 2 is 1.79 bits per heavy atom. The van der Waals surface area contributed by atoms with Gasteiger partial charge in [-0.1, -0.05) is 12.1 Å². The minimum absolute atomic E-state index is 0.117. The molecular weight excluding hydrogens is 312 g/mol. The zero-order chi connectivity index (χ0) is 14.0. The van der Waals surface area contributed by atoms with E-state index >= 15 is 0 Å². The highest BCUT2D eigenvalue weighted by molar-refractivity contribution is 9.10. The van der Waals surface area contributed by atoms with E-state index in [-0.39, 0.29) is 6.04 Å². The highest BCUT2D eigenvalue weighted by Gasteiger charge is 2.10. The highest BCUT2D eigenvalue weighted by Crippen LogP contribution is 2.28. The molecule has 0 heterocycles. The van der Waals surface area contributed by atoms with Gasteiger partial charge in [-0.25, -0.2) is 8.78 Å². The summed E-state index contributed by atoms with van der Waals surface area (Å²) in [5, 5.41) is 3.28. The molecular formula is C15H14BrF2N. The van der Waals surface area contributed by atoms with E-state index in [4.69, 9.17) is 0 Å². The van der Waals surface area contributed by atoms with Crippen LogP contribution in [0.25, 0.3) is 0 Å². The van der Waals surface area contributed by atoms with Gasteiger partial charge in [0.2, 0.25) is 0 Å². The van der Waals surface area contributed by atoms with Gasteiger partial charge in [0, 0.05) is 16.2 Å². The minimum atomic E-state index is -0.826. The standard InChI is InChI=1S/C15H14BrF2N/c1-9-3-5-12(16)15(7-9)19-10(2)11-4-6-13(17)14(18)8-11/h3-8,10,19H,1-2H3. The second-order valence-corrected chi connectivity index (χ2v) is 5.38. The van der Waals surface area contributed by atoms with Gasteiger partial charge in [-0.3, -0.25) is 0 Å². The van der Waals surface area contributed by atoms with Gasteiger partial charge in [-0.15, -0.1) is 0 Å². The Hall–Kier alpha value is -1.42. The first kappa shape index (κ1) is 14.0. The van der Waals surface area contributed by atoms with E-state index in [1.54, 1.807) is 6.07 Å². The van der Waals surface area contributed by atoms with Gasteiger partial charge in [-0.2, -0.15) is 0 Å². The molecule has 0 spiro atoms. The van der Waals surface area contributed by atoms with Crippen molar-refractivity contribution in [2.45, 2.75) is 19.9 Å². The van der Waals surface area contributed by atoms with Crippen molar-refractivity contribution in [2.24, 2.45) is 0 Å². The molecule has 0 aliphatic heterocycles. The number of nitrogens with one attached hydrogen (secondary N) is 1. The second kappa shape index (κ2) is 5.70. The fourth-order valence-corrected chi connectivity index (χ4v) is 2.21. The molecule has 0 saturated heterocycles. The molecule has 0 aliphatic carbocycles. The summed E-state index contributed by atoms with van der Waals surface area (Å²) in [7, 11) is 0. The summed E-state index contributed by atoms with van der Waals surface area (Å²) in [6.07, 6.45) is 0. The molecule has 4 heteroatoms. The monoisotopic (exact) mass is 325 g/mol. The van der Waals surface area contributed by atoms with Crippen molar-refractivity contribution in [3.05, 3.63) is 63.6 Å². The lowest BCUT2D eigenvalue weighted by molar-refractivity contribution is 0.506. The molecule has 0 radical (unpaired) electrons. The molecule has 0 fully saturated rings. The van der Waals surface area contributed by atoms with E-state index in [1.165, 1.54) is 6.07 Å². The molecule has 0 bridgehead atoms. The summed E-state index contributed by atoms with van der Waals surface area (Å²) in [5.74, 6) is -1.65. The zero-order valence-corrected chi connectivity index (χ0v) is 12.3. The molecule has 1 N–H and O–H groups in total. The smallest absolute Gasteiger partial charge is 0.159 e. The second-order valence-electron chi connectivity index (χ2n) is 4.52. The Labute approximate surface area is 119 Å². The summed E-state index contributed by atoms with van der Waals surface area (Å²) in [4.78, 5) is 0. The number of hydrogen-bond donors (Lipinski definition) is 1. The van der Waals surface area contributed by atoms with Crippen molar-refractivity contribution < 1.29 is 8.78 Å². The predicted molar refractivity (Wildman–Crippen MR) is 77.3 cm³/mol. The molecule has 0 aliphatic rings. The lowest BCUT2D eigenvalue weighted by Gasteiger charge is -2.17.